The average molecular weight is 367 g/mol. The first-order chi connectivity index (χ1) is 11.4. The molecule has 0 fully saturated rings. The third-order valence-corrected chi connectivity index (χ3v) is 3.89. The average Bonchev–Trinajstić information content (AvgIpc) is 2.53. The highest BCUT2D eigenvalue weighted by atomic mass is 35.5. The fraction of sp³-hybridized carbons (Fsp3) is 0.176. The number of benzene rings is 2. The molecule has 0 aliphatic heterocycles. The molecule has 5 nitrogen and oxygen atoms in total. The van der Waals surface area contributed by atoms with E-state index in [1.807, 2.05) is 6.92 Å². The van der Waals surface area contributed by atoms with Crippen LogP contribution in [0.15, 0.2) is 36.4 Å². The van der Waals surface area contributed by atoms with Crippen molar-refractivity contribution in [1.29, 1.82) is 0 Å². The van der Waals surface area contributed by atoms with Crippen LogP contribution in [0.2, 0.25) is 10.0 Å². The van der Waals surface area contributed by atoms with E-state index in [0.29, 0.717) is 33.6 Å². The molecule has 0 bridgehead atoms. The minimum absolute atomic E-state index is 0.310. The first-order valence-corrected chi connectivity index (χ1v) is 7.97. The summed E-state index contributed by atoms with van der Waals surface area (Å²) in [5, 5.41) is 6.15. The summed E-state index contributed by atoms with van der Waals surface area (Å²) in [7, 11) is 0. The summed E-state index contributed by atoms with van der Waals surface area (Å²) >= 11 is 11.9. The summed E-state index contributed by atoms with van der Waals surface area (Å²) in [6.07, 6.45) is 0. The Balaban J connectivity index is 2.02. The fourth-order valence-corrected chi connectivity index (χ4v) is 2.35. The van der Waals surface area contributed by atoms with E-state index in [2.05, 4.69) is 10.6 Å². The SMILES string of the molecule is CCOC(=O)c1ccc(NC(=O)Nc2cc(Cl)c(Cl)cc2C)cc1. The van der Waals surface area contributed by atoms with E-state index in [1.165, 1.54) is 0 Å². The number of hydrogen-bond donors (Lipinski definition) is 2. The van der Waals surface area contributed by atoms with Gasteiger partial charge in [-0.15, -0.1) is 0 Å². The number of esters is 1. The zero-order chi connectivity index (χ0) is 17.7. The highest BCUT2D eigenvalue weighted by Crippen LogP contribution is 2.28. The summed E-state index contributed by atoms with van der Waals surface area (Å²) in [6.45, 7) is 3.86. The Morgan fingerprint density at radius 1 is 1.04 bits per heavy atom. The standard InChI is InChI=1S/C17H16Cl2N2O3/c1-3-24-16(22)11-4-6-12(7-5-11)20-17(23)21-15-9-14(19)13(18)8-10(15)2/h4-9H,3H2,1-2H3,(H2,20,21,23). The van der Waals surface area contributed by atoms with Gasteiger partial charge in [0.2, 0.25) is 0 Å². The molecular weight excluding hydrogens is 351 g/mol. The smallest absolute Gasteiger partial charge is 0.338 e. The van der Waals surface area contributed by atoms with Crippen LogP contribution in [0.5, 0.6) is 0 Å². The lowest BCUT2D eigenvalue weighted by Gasteiger charge is -2.11. The molecule has 126 valence electrons. The van der Waals surface area contributed by atoms with Gasteiger partial charge in [0, 0.05) is 11.4 Å². The largest absolute Gasteiger partial charge is 0.462 e. The monoisotopic (exact) mass is 366 g/mol. The number of aryl methyl sites for hydroxylation is 1. The summed E-state index contributed by atoms with van der Waals surface area (Å²) in [6, 6.07) is 9.23. The molecule has 0 saturated carbocycles. The van der Waals surface area contributed by atoms with Gasteiger partial charge in [0.25, 0.3) is 0 Å². The molecular formula is C17H16Cl2N2O3. The summed E-state index contributed by atoms with van der Waals surface area (Å²) in [5.41, 5.74) is 2.31. The Hall–Kier alpha value is -2.24. The number of anilines is 2. The van der Waals surface area contributed by atoms with Crippen molar-refractivity contribution in [3.05, 3.63) is 57.6 Å². The van der Waals surface area contributed by atoms with E-state index in [0.717, 1.165) is 5.56 Å². The molecule has 2 rings (SSSR count). The predicted octanol–water partition coefficient (Wildman–Crippen LogP) is 5.12. The number of nitrogens with one attached hydrogen (secondary N) is 2. The molecule has 0 atom stereocenters. The van der Waals surface area contributed by atoms with Gasteiger partial charge in [0.1, 0.15) is 0 Å². The Labute approximate surface area is 149 Å². The molecule has 0 aliphatic carbocycles. The number of urea groups is 1. The van der Waals surface area contributed by atoms with E-state index in [9.17, 15) is 9.59 Å². The van der Waals surface area contributed by atoms with Crippen molar-refractivity contribution in [2.75, 3.05) is 17.2 Å². The van der Waals surface area contributed by atoms with Crippen LogP contribution in [-0.4, -0.2) is 18.6 Å². The Morgan fingerprint density at radius 2 is 1.67 bits per heavy atom. The van der Waals surface area contributed by atoms with Crippen LogP contribution in [0.25, 0.3) is 0 Å². The number of ether oxygens (including phenoxy) is 1. The molecule has 7 heteroatoms. The van der Waals surface area contributed by atoms with Crippen LogP contribution in [0.4, 0.5) is 16.2 Å². The molecule has 0 heterocycles. The minimum atomic E-state index is -0.430. The van der Waals surface area contributed by atoms with Gasteiger partial charge in [0.15, 0.2) is 0 Å². The van der Waals surface area contributed by atoms with E-state index in [4.69, 9.17) is 27.9 Å². The third-order valence-electron chi connectivity index (χ3n) is 3.17. The van der Waals surface area contributed by atoms with Gasteiger partial charge in [-0.25, -0.2) is 9.59 Å². The molecule has 0 unspecified atom stereocenters. The van der Waals surface area contributed by atoms with Crippen LogP contribution < -0.4 is 10.6 Å². The zero-order valence-corrected chi connectivity index (χ0v) is 14.7. The van der Waals surface area contributed by atoms with Gasteiger partial charge in [-0.3, -0.25) is 0 Å². The molecule has 0 radical (unpaired) electrons. The van der Waals surface area contributed by atoms with E-state index >= 15 is 0 Å². The van der Waals surface area contributed by atoms with Gasteiger partial charge in [-0.2, -0.15) is 0 Å². The molecule has 0 aromatic heterocycles. The summed E-state index contributed by atoms with van der Waals surface area (Å²) in [5.74, 6) is -0.403. The number of carbonyl (C=O) groups excluding carboxylic acids is 2. The van der Waals surface area contributed by atoms with Crippen LogP contribution >= 0.6 is 23.2 Å². The second-order valence-electron chi connectivity index (χ2n) is 4.96. The highest BCUT2D eigenvalue weighted by molar-refractivity contribution is 6.42. The van der Waals surface area contributed by atoms with Crippen molar-refractivity contribution in [1.82, 2.24) is 0 Å². The maximum Gasteiger partial charge on any atom is 0.338 e. The topological polar surface area (TPSA) is 67.4 Å². The van der Waals surface area contributed by atoms with Crippen molar-refractivity contribution in [2.24, 2.45) is 0 Å². The first kappa shape index (κ1) is 18.1. The summed E-state index contributed by atoms with van der Waals surface area (Å²) in [4.78, 5) is 23.6. The van der Waals surface area contributed by atoms with E-state index in [1.54, 1.807) is 43.3 Å². The molecule has 2 aromatic rings. The Morgan fingerprint density at radius 3 is 2.29 bits per heavy atom. The fourth-order valence-electron chi connectivity index (χ4n) is 1.97. The van der Waals surface area contributed by atoms with Gasteiger partial charge in [-0.1, -0.05) is 23.2 Å². The van der Waals surface area contributed by atoms with Gasteiger partial charge in [0.05, 0.1) is 22.2 Å². The van der Waals surface area contributed by atoms with E-state index in [-0.39, 0.29) is 0 Å². The molecule has 0 spiro atoms. The second kappa shape index (κ2) is 8.04. The molecule has 0 saturated heterocycles. The highest BCUT2D eigenvalue weighted by Gasteiger charge is 2.09. The van der Waals surface area contributed by atoms with Crippen molar-refractivity contribution < 1.29 is 14.3 Å². The van der Waals surface area contributed by atoms with E-state index < -0.39 is 12.0 Å². The third kappa shape index (κ3) is 4.63. The van der Waals surface area contributed by atoms with Crippen LogP contribution in [0, 0.1) is 6.92 Å². The second-order valence-corrected chi connectivity index (χ2v) is 5.77. The van der Waals surface area contributed by atoms with Gasteiger partial charge < -0.3 is 15.4 Å². The lowest BCUT2D eigenvalue weighted by molar-refractivity contribution is 0.0526. The van der Waals surface area contributed by atoms with Crippen molar-refractivity contribution in [3.63, 3.8) is 0 Å². The lowest BCUT2D eigenvalue weighted by Crippen LogP contribution is -2.20. The summed E-state index contributed by atoms with van der Waals surface area (Å²) < 4.78 is 4.90. The number of carbonyl (C=O) groups is 2. The Kier molecular flexibility index (Phi) is 6.06. The molecule has 0 aliphatic rings. The van der Waals surface area contributed by atoms with Crippen molar-refractivity contribution in [2.45, 2.75) is 13.8 Å². The van der Waals surface area contributed by atoms with Crippen LogP contribution in [0.3, 0.4) is 0 Å². The maximum atomic E-state index is 12.1. The minimum Gasteiger partial charge on any atom is -0.462 e. The normalized spacial score (nSPS) is 10.2. The quantitative estimate of drug-likeness (QED) is 0.737. The Bertz CT molecular complexity index is 761. The predicted molar refractivity (Wildman–Crippen MR) is 96.2 cm³/mol. The van der Waals surface area contributed by atoms with Crippen LogP contribution in [-0.2, 0) is 4.74 Å². The molecule has 2 amide bonds. The number of amides is 2. The first-order valence-electron chi connectivity index (χ1n) is 7.21. The van der Waals surface area contributed by atoms with Crippen molar-refractivity contribution in [3.8, 4) is 0 Å². The molecule has 24 heavy (non-hydrogen) atoms. The lowest BCUT2D eigenvalue weighted by atomic mass is 10.2. The number of hydrogen-bond acceptors (Lipinski definition) is 3. The zero-order valence-electron chi connectivity index (χ0n) is 13.2. The maximum absolute atomic E-state index is 12.1. The van der Waals surface area contributed by atoms with Gasteiger partial charge >= 0.3 is 12.0 Å². The van der Waals surface area contributed by atoms with Crippen molar-refractivity contribution >= 4 is 46.6 Å². The van der Waals surface area contributed by atoms with Crippen LogP contribution in [0.1, 0.15) is 22.8 Å². The molecule has 2 aromatic carbocycles. The number of rotatable bonds is 4. The molecule has 2 N–H and O–H groups in total. The number of halogens is 2. The van der Waals surface area contributed by atoms with Gasteiger partial charge in [-0.05, 0) is 55.8 Å².